The molecular formula is C13H18ClN3O. The van der Waals surface area contributed by atoms with Gasteiger partial charge in [0.15, 0.2) is 0 Å². The van der Waals surface area contributed by atoms with Crippen molar-refractivity contribution in [1.82, 2.24) is 9.88 Å². The maximum atomic E-state index is 12.4. The third-order valence-corrected chi connectivity index (χ3v) is 3.79. The smallest absolute Gasteiger partial charge is 0.255 e. The van der Waals surface area contributed by atoms with Crippen LogP contribution in [-0.4, -0.2) is 34.9 Å². The fraction of sp³-hybridized carbons (Fsp3) is 0.538. The number of nitrogens with two attached hydrogens (primary N) is 1. The first-order chi connectivity index (χ1) is 8.59. The molecule has 18 heavy (non-hydrogen) atoms. The first kappa shape index (κ1) is 13.3. The van der Waals surface area contributed by atoms with E-state index in [4.69, 9.17) is 17.3 Å². The van der Waals surface area contributed by atoms with Gasteiger partial charge in [-0.3, -0.25) is 9.78 Å². The average Bonchev–Trinajstić information content (AvgIpc) is 2.38. The van der Waals surface area contributed by atoms with Gasteiger partial charge in [0.2, 0.25) is 0 Å². The van der Waals surface area contributed by atoms with Crippen molar-refractivity contribution in [3.8, 4) is 0 Å². The monoisotopic (exact) mass is 267 g/mol. The molecule has 2 atom stereocenters. The molecule has 1 aromatic heterocycles. The summed E-state index contributed by atoms with van der Waals surface area (Å²) in [6.45, 7) is 3.49. The SMILES string of the molecule is CC(N)C1CCCN(C(=O)c2ccncc2Cl)C1. The predicted octanol–water partition coefficient (Wildman–Crippen LogP) is 1.93. The highest BCUT2D eigenvalue weighted by Crippen LogP contribution is 2.22. The molecule has 1 aliphatic heterocycles. The van der Waals surface area contributed by atoms with Crippen molar-refractivity contribution < 1.29 is 4.79 Å². The Balaban J connectivity index is 2.12. The number of nitrogens with zero attached hydrogens (tertiary/aromatic N) is 2. The van der Waals surface area contributed by atoms with Gasteiger partial charge in [0.25, 0.3) is 5.91 Å². The van der Waals surface area contributed by atoms with Gasteiger partial charge in [-0.15, -0.1) is 0 Å². The Labute approximate surface area is 112 Å². The second kappa shape index (κ2) is 5.67. The molecule has 2 rings (SSSR count). The molecule has 1 amide bonds. The third kappa shape index (κ3) is 2.82. The lowest BCUT2D eigenvalue weighted by Gasteiger charge is -2.34. The highest BCUT2D eigenvalue weighted by Gasteiger charge is 2.27. The van der Waals surface area contributed by atoms with Crippen molar-refractivity contribution in [2.75, 3.05) is 13.1 Å². The molecule has 98 valence electrons. The second-order valence-electron chi connectivity index (χ2n) is 4.87. The van der Waals surface area contributed by atoms with E-state index in [1.54, 1.807) is 12.3 Å². The molecule has 4 nitrogen and oxygen atoms in total. The van der Waals surface area contributed by atoms with Gasteiger partial charge in [-0.2, -0.15) is 0 Å². The number of hydrogen-bond donors (Lipinski definition) is 1. The molecule has 0 spiro atoms. The highest BCUT2D eigenvalue weighted by atomic mass is 35.5. The Hall–Kier alpha value is -1.13. The molecule has 5 heteroatoms. The van der Waals surface area contributed by atoms with Gasteiger partial charge in [-0.05, 0) is 31.7 Å². The molecule has 2 unspecified atom stereocenters. The van der Waals surface area contributed by atoms with Crippen LogP contribution in [0.15, 0.2) is 18.5 Å². The fourth-order valence-electron chi connectivity index (χ4n) is 2.34. The maximum Gasteiger partial charge on any atom is 0.255 e. The minimum absolute atomic E-state index is 0.0206. The first-order valence-corrected chi connectivity index (χ1v) is 6.61. The van der Waals surface area contributed by atoms with Crippen LogP contribution in [0.5, 0.6) is 0 Å². The Morgan fingerprint density at radius 3 is 3.11 bits per heavy atom. The quantitative estimate of drug-likeness (QED) is 0.891. The Morgan fingerprint density at radius 2 is 2.44 bits per heavy atom. The van der Waals surface area contributed by atoms with Crippen molar-refractivity contribution in [3.63, 3.8) is 0 Å². The van der Waals surface area contributed by atoms with Gasteiger partial charge in [-0.1, -0.05) is 11.6 Å². The second-order valence-corrected chi connectivity index (χ2v) is 5.28. The van der Waals surface area contributed by atoms with Crippen molar-refractivity contribution in [1.29, 1.82) is 0 Å². The number of pyridine rings is 1. The zero-order chi connectivity index (χ0) is 13.1. The first-order valence-electron chi connectivity index (χ1n) is 6.24. The zero-order valence-electron chi connectivity index (χ0n) is 10.5. The maximum absolute atomic E-state index is 12.4. The van der Waals surface area contributed by atoms with E-state index in [0.717, 1.165) is 25.9 Å². The molecule has 0 bridgehead atoms. The zero-order valence-corrected chi connectivity index (χ0v) is 11.2. The van der Waals surface area contributed by atoms with Crippen molar-refractivity contribution in [2.45, 2.75) is 25.8 Å². The van der Waals surface area contributed by atoms with Gasteiger partial charge in [0.05, 0.1) is 10.6 Å². The molecule has 0 aliphatic carbocycles. The molecular weight excluding hydrogens is 250 g/mol. The molecule has 2 heterocycles. The lowest BCUT2D eigenvalue weighted by Crippen LogP contribution is -2.45. The van der Waals surface area contributed by atoms with Crippen LogP contribution in [0, 0.1) is 5.92 Å². The molecule has 1 aliphatic rings. The van der Waals surface area contributed by atoms with E-state index in [1.807, 2.05) is 11.8 Å². The lowest BCUT2D eigenvalue weighted by atomic mass is 9.92. The fourth-order valence-corrected chi connectivity index (χ4v) is 2.54. The summed E-state index contributed by atoms with van der Waals surface area (Å²) in [4.78, 5) is 18.1. The number of likely N-dealkylation sites (tertiary alicyclic amines) is 1. The average molecular weight is 268 g/mol. The number of piperidine rings is 1. The van der Waals surface area contributed by atoms with Crippen molar-refractivity contribution >= 4 is 17.5 Å². The van der Waals surface area contributed by atoms with Crippen LogP contribution in [0.2, 0.25) is 5.02 Å². The van der Waals surface area contributed by atoms with Crippen LogP contribution in [0.1, 0.15) is 30.1 Å². The van der Waals surface area contributed by atoms with E-state index in [-0.39, 0.29) is 11.9 Å². The van der Waals surface area contributed by atoms with Crippen LogP contribution in [0.25, 0.3) is 0 Å². The van der Waals surface area contributed by atoms with Gasteiger partial charge in [0, 0.05) is 31.5 Å². The molecule has 1 fully saturated rings. The van der Waals surface area contributed by atoms with E-state index in [2.05, 4.69) is 4.98 Å². The topological polar surface area (TPSA) is 59.2 Å². The van der Waals surface area contributed by atoms with Gasteiger partial charge >= 0.3 is 0 Å². The van der Waals surface area contributed by atoms with Crippen LogP contribution in [0.3, 0.4) is 0 Å². The molecule has 1 saturated heterocycles. The van der Waals surface area contributed by atoms with Crippen LogP contribution in [0.4, 0.5) is 0 Å². The van der Waals surface area contributed by atoms with E-state index in [9.17, 15) is 4.79 Å². The normalized spacial score (nSPS) is 21.7. The van der Waals surface area contributed by atoms with Gasteiger partial charge < -0.3 is 10.6 Å². The van der Waals surface area contributed by atoms with E-state index < -0.39 is 0 Å². The van der Waals surface area contributed by atoms with E-state index in [0.29, 0.717) is 16.5 Å². The van der Waals surface area contributed by atoms with Crippen LogP contribution < -0.4 is 5.73 Å². The Bertz CT molecular complexity index is 436. The summed E-state index contributed by atoms with van der Waals surface area (Å²) >= 11 is 6.00. The summed E-state index contributed by atoms with van der Waals surface area (Å²) in [5.41, 5.74) is 6.45. The number of amides is 1. The van der Waals surface area contributed by atoms with Crippen molar-refractivity contribution in [2.24, 2.45) is 11.7 Å². The van der Waals surface area contributed by atoms with Crippen LogP contribution >= 0.6 is 11.6 Å². The molecule has 0 aromatic carbocycles. The number of carbonyl (C=O) groups is 1. The summed E-state index contributed by atoms with van der Waals surface area (Å²) < 4.78 is 0. The summed E-state index contributed by atoms with van der Waals surface area (Å²) in [6, 6.07) is 1.79. The summed E-state index contributed by atoms with van der Waals surface area (Å²) in [7, 11) is 0. The highest BCUT2D eigenvalue weighted by molar-refractivity contribution is 6.33. The molecule has 0 radical (unpaired) electrons. The van der Waals surface area contributed by atoms with Gasteiger partial charge in [-0.25, -0.2) is 0 Å². The standard InChI is InChI=1S/C13H18ClN3O/c1-9(15)10-3-2-6-17(8-10)13(18)11-4-5-16-7-12(11)14/h4-5,7,9-10H,2-3,6,8,15H2,1H3. The van der Waals surface area contributed by atoms with Crippen LogP contribution in [-0.2, 0) is 0 Å². The number of rotatable bonds is 2. The van der Waals surface area contributed by atoms with E-state index >= 15 is 0 Å². The predicted molar refractivity (Wildman–Crippen MR) is 71.5 cm³/mol. The lowest BCUT2D eigenvalue weighted by molar-refractivity contribution is 0.0661. The number of halogens is 1. The Morgan fingerprint density at radius 1 is 1.67 bits per heavy atom. The third-order valence-electron chi connectivity index (χ3n) is 3.49. The molecule has 1 aromatic rings. The Kier molecular flexibility index (Phi) is 4.19. The van der Waals surface area contributed by atoms with Crippen molar-refractivity contribution in [3.05, 3.63) is 29.0 Å². The molecule has 0 saturated carbocycles. The summed E-state index contributed by atoms with van der Waals surface area (Å²) in [5.74, 6) is 0.357. The summed E-state index contributed by atoms with van der Waals surface area (Å²) in [5, 5.41) is 0.408. The number of hydrogen-bond acceptors (Lipinski definition) is 3. The largest absolute Gasteiger partial charge is 0.338 e. The molecule has 2 N–H and O–H groups in total. The number of aromatic nitrogens is 1. The van der Waals surface area contributed by atoms with Gasteiger partial charge in [0.1, 0.15) is 0 Å². The minimum Gasteiger partial charge on any atom is -0.338 e. The minimum atomic E-state index is -0.0206. The summed E-state index contributed by atoms with van der Waals surface area (Å²) in [6.07, 6.45) is 5.18. The van der Waals surface area contributed by atoms with E-state index in [1.165, 1.54) is 6.20 Å². The number of carbonyl (C=O) groups excluding carboxylic acids is 1.